The first kappa shape index (κ1) is 18.1. The summed E-state index contributed by atoms with van der Waals surface area (Å²) in [6.45, 7) is 4.70. The zero-order valence-electron chi connectivity index (χ0n) is 14.6. The van der Waals surface area contributed by atoms with E-state index in [1.54, 1.807) is 12.1 Å². The second-order valence-corrected chi connectivity index (χ2v) is 5.72. The zero-order valence-corrected chi connectivity index (χ0v) is 14.6. The van der Waals surface area contributed by atoms with Gasteiger partial charge in [-0.25, -0.2) is 4.98 Å². The highest BCUT2D eigenvalue weighted by Crippen LogP contribution is 2.26. The number of rotatable bonds is 8. The Morgan fingerprint density at radius 3 is 2.63 bits per heavy atom. The van der Waals surface area contributed by atoms with Crippen LogP contribution in [0.25, 0.3) is 17.0 Å². The van der Waals surface area contributed by atoms with Crippen LogP contribution in [-0.4, -0.2) is 28.0 Å². The third-order valence-corrected chi connectivity index (χ3v) is 3.79. The number of aromatic nitrogens is 2. The molecular formula is C20H19N5O2. The number of anilines is 2. The molecule has 2 N–H and O–H groups in total. The molecule has 136 valence electrons. The maximum atomic E-state index is 11.1. The Labute approximate surface area is 156 Å². The van der Waals surface area contributed by atoms with Gasteiger partial charge in [-0.1, -0.05) is 48.6 Å². The summed E-state index contributed by atoms with van der Waals surface area (Å²) in [7, 11) is 0. The van der Waals surface area contributed by atoms with Crippen LogP contribution in [-0.2, 0) is 0 Å². The van der Waals surface area contributed by atoms with E-state index in [1.807, 2.05) is 42.5 Å². The van der Waals surface area contributed by atoms with Crippen LogP contribution in [0.1, 0.15) is 5.56 Å². The number of benzene rings is 2. The fourth-order valence-electron chi connectivity index (χ4n) is 2.52. The van der Waals surface area contributed by atoms with Gasteiger partial charge < -0.3 is 10.6 Å². The van der Waals surface area contributed by atoms with Crippen LogP contribution >= 0.6 is 0 Å². The monoisotopic (exact) mass is 361 g/mol. The smallest absolute Gasteiger partial charge is 0.270 e. The van der Waals surface area contributed by atoms with Crippen molar-refractivity contribution in [3.63, 3.8) is 0 Å². The first-order valence-electron chi connectivity index (χ1n) is 8.44. The first-order valence-corrected chi connectivity index (χ1v) is 8.44. The fourth-order valence-corrected chi connectivity index (χ4v) is 2.52. The van der Waals surface area contributed by atoms with E-state index in [1.165, 1.54) is 12.1 Å². The van der Waals surface area contributed by atoms with Gasteiger partial charge in [0.2, 0.25) is 5.95 Å². The van der Waals surface area contributed by atoms with E-state index in [4.69, 9.17) is 0 Å². The molecule has 0 unspecified atom stereocenters. The summed E-state index contributed by atoms with van der Waals surface area (Å²) in [5.41, 5.74) is 1.72. The Hall–Kier alpha value is -3.74. The molecule has 1 aromatic heterocycles. The van der Waals surface area contributed by atoms with Crippen molar-refractivity contribution in [2.24, 2.45) is 0 Å². The Morgan fingerprint density at radius 1 is 1.07 bits per heavy atom. The van der Waals surface area contributed by atoms with Crippen LogP contribution in [0.4, 0.5) is 17.5 Å². The largest absolute Gasteiger partial charge is 0.366 e. The van der Waals surface area contributed by atoms with Gasteiger partial charge in [0.15, 0.2) is 0 Å². The molecule has 0 aliphatic carbocycles. The predicted octanol–water partition coefficient (Wildman–Crippen LogP) is 4.26. The van der Waals surface area contributed by atoms with Crippen molar-refractivity contribution in [1.29, 1.82) is 0 Å². The summed E-state index contributed by atoms with van der Waals surface area (Å²) in [4.78, 5) is 19.5. The van der Waals surface area contributed by atoms with Crippen molar-refractivity contribution in [1.82, 2.24) is 9.97 Å². The number of non-ortho nitro benzene ring substituents is 1. The highest BCUT2D eigenvalue weighted by molar-refractivity contribution is 5.91. The van der Waals surface area contributed by atoms with Crippen LogP contribution in [0.5, 0.6) is 0 Å². The van der Waals surface area contributed by atoms with Gasteiger partial charge in [-0.15, -0.1) is 6.58 Å². The Kier molecular flexibility index (Phi) is 5.73. The average molecular weight is 361 g/mol. The molecule has 0 aliphatic rings. The first-order chi connectivity index (χ1) is 13.2. The van der Waals surface area contributed by atoms with E-state index in [2.05, 4.69) is 27.2 Å². The highest BCUT2D eigenvalue weighted by Gasteiger charge is 2.12. The molecule has 0 spiro atoms. The number of nitro benzene ring substituents is 1. The van der Waals surface area contributed by atoms with Gasteiger partial charge in [-0.05, 0) is 11.6 Å². The van der Waals surface area contributed by atoms with Crippen molar-refractivity contribution in [3.05, 3.63) is 82.9 Å². The van der Waals surface area contributed by atoms with Crippen molar-refractivity contribution in [2.45, 2.75) is 0 Å². The summed E-state index contributed by atoms with van der Waals surface area (Å²) in [5.74, 6) is 0.971. The second-order valence-electron chi connectivity index (χ2n) is 5.72. The molecule has 27 heavy (non-hydrogen) atoms. The molecule has 1 heterocycles. The minimum Gasteiger partial charge on any atom is -0.366 e. The van der Waals surface area contributed by atoms with E-state index in [0.717, 1.165) is 5.56 Å². The molecule has 0 bridgehead atoms. The lowest BCUT2D eigenvalue weighted by Crippen LogP contribution is -2.08. The summed E-state index contributed by atoms with van der Waals surface area (Å²) >= 11 is 0. The van der Waals surface area contributed by atoms with Crippen LogP contribution in [0.2, 0.25) is 0 Å². The van der Waals surface area contributed by atoms with E-state index < -0.39 is 4.92 Å². The van der Waals surface area contributed by atoms with Crippen LogP contribution in [0, 0.1) is 10.1 Å². The van der Waals surface area contributed by atoms with E-state index in [9.17, 15) is 10.1 Å². The van der Waals surface area contributed by atoms with Gasteiger partial charge in [0, 0.05) is 30.6 Å². The maximum Gasteiger partial charge on any atom is 0.270 e. The van der Waals surface area contributed by atoms with Crippen molar-refractivity contribution in [2.75, 3.05) is 23.7 Å². The zero-order chi connectivity index (χ0) is 19.1. The van der Waals surface area contributed by atoms with Gasteiger partial charge in [0.1, 0.15) is 5.82 Å². The SMILES string of the molecule is C=CCNc1nc(NC/C=C/c2ccccc2)c2cc([N+](=O)[O-])ccc2n1. The predicted molar refractivity (Wildman–Crippen MR) is 109 cm³/mol. The molecule has 0 atom stereocenters. The third kappa shape index (κ3) is 4.66. The van der Waals surface area contributed by atoms with E-state index in [-0.39, 0.29) is 5.69 Å². The number of hydrogen-bond donors (Lipinski definition) is 2. The second kappa shape index (κ2) is 8.57. The van der Waals surface area contributed by atoms with Crippen LogP contribution in [0.15, 0.2) is 67.3 Å². The molecule has 3 aromatic rings. The maximum absolute atomic E-state index is 11.1. The molecule has 7 heteroatoms. The number of fused-ring (bicyclic) bond motifs is 1. The average Bonchev–Trinajstić information content (AvgIpc) is 2.69. The van der Waals surface area contributed by atoms with Crippen LogP contribution in [0.3, 0.4) is 0 Å². The standard InChI is InChI=1S/C20H19N5O2/c1-2-12-22-20-23-18-11-10-16(25(26)27)14-17(18)19(24-20)21-13-6-9-15-7-4-3-5-8-15/h2-11,14H,1,12-13H2,(H2,21,22,23,24)/b9-6+. The molecular weight excluding hydrogens is 342 g/mol. The van der Waals surface area contributed by atoms with Gasteiger partial charge in [0.25, 0.3) is 5.69 Å². The van der Waals surface area contributed by atoms with E-state index >= 15 is 0 Å². The molecule has 0 radical (unpaired) electrons. The van der Waals surface area contributed by atoms with Crippen LogP contribution < -0.4 is 10.6 Å². The highest BCUT2D eigenvalue weighted by atomic mass is 16.6. The number of nitro groups is 1. The molecule has 0 amide bonds. The molecule has 0 saturated heterocycles. The summed E-state index contributed by atoms with van der Waals surface area (Å²) in [5, 5.41) is 18.0. The molecule has 2 aromatic carbocycles. The number of hydrogen-bond acceptors (Lipinski definition) is 6. The molecule has 7 nitrogen and oxygen atoms in total. The van der Waals surface area contributed by atoms with Gasteiger partial charge >= 0.3 is 0 Å². The quantitative estimate of drug-likeness (QED) is 0.354. The van der Waals surface area contributed by atoms with Crippen molar-refractivity contribution >= 4 is 34.4 Å². The minimum atomic E-state index is -0.428. The molecule has 0 aliphatic heterocycles. The Balaban J connectivity index is 1.87. The molecule has 3 rings (SSSR count). The lowest BCUT2D eigenvalue weighted by molar-refractivity contribution is -0.384. The lowest BCUT2D eigenvalue weighted by atomic mass is 10.2. The normalized spacial score (nSPS) is 10.8. The van der Waals surface area contributed by atoms with Crippen molar-refractivity contribution < 1.29 is 4.92 Å². The Bertz CT molecular complexity index is 986. The van der Waals surface area contributed by atoms with Crippen molar-refractivity contribution in [3.8, 4) is 0 Å². The van der Waals surface area contributed by atoms with Gasteiger partial charge in [0.05, 0.1) is 10.4 Å². The Morgan fingerprint density at radius 2 is 1.89 bits per heavy atom. The topological polar surface area (TPSA) is 93.0 Å². The third-order valence-electron chi connectivity index (χ3n) is 3.79. The number of nitrogens with one attached hydrogen (secondary N) is 2. The van der Waals surface area contributed by atoms with Gasteiger partial charge in [-0.3, -0.25) is 10.1 Å². The summed E-state index contributed by atoms with van der Waals surface area (Å²) in [6.07, 6.45) is 5.67. The fraction of sp³-hybridized carbons (Fsp3) is 0.100. The molecule has 0 fully saturated rings. The van der Waals surface area contributed by atoms with Gasteiger partial charge in [-0.2, -0.15) is 4.98 Å². The summed E-state index contributed by atoms with van der Waals surface area (Å²) < 4.78 is 0. The van der Waals surface area contributed by atoms with E-state index in [0.29, 0.717) is 35.8 Å². The minimum absolute atomic E-state index is 0.000721. The summed E-state index contributed by atoms with van der Waals surface area (Å²) in [6, 6.07) is 14.5. The lowest BCUT2D eigenvalue weighted by Gasteiger charge is -2.10. The number of nitrogens with zero attached hydrogens (tertiary/aromatic N) is 3. The molecule has 0 saturated carbocycles.